The molecule has 0 amide bonds. The van der Waals surface area contributed by atoms with E-state index in [1.165, 1.54) is 45.6 Å². The van der Waals surface area contributed by atoms with Gasteiger partial charge in [-0.2, -0.15) is 0 Å². The maximum absolute atomic E-state index is 11.8. The summed E-state index contributed by atoms with van der Waals surface area (Å²) in [6.45, 7) is 4.31. The van der Waals surface area contributed by atoms with E-state index in [1.807, 2.05) is 0 Å². The molecule has 4 heteroatoms. The van der Waals surface area contributed by atoms with Crippen LogP contribution >= 0.6 is 0 Å². The van der Waals surface area contributed by atoms with Gasteiger partial charge in [-0.15, -0.1) is 0 Å². The molecule has 0 aliphatic heterocycles. The molecule has 0 saturated heterocycles. The molecule has 2 saturated carbocycles. The molecule has 0 radical (unpaired) electrons. The number of carbonyl (C=O) groups excluding carboxylic acids is 1. The second-order valence-corrected chi connectivity index (χ2v) is 5.87. The summed E-state index contributed by atoms with van der Waals surface area (Å²) in [4.78, 5) is 14.3. The first-order valence-electron chi connectivity index (χ1n) is 7.82. The highest BCUT2D eigenvalue weighted by Crippen LogP contribution is 2.24. The Balaban J connectivity index is 1.79. The number of methoxy groups -OCH3 is 1. The number of rotatable bonds is 8. The average molecular weight is 268 g/mol. The molecule has 1 N–H and O–H groups in total. The number of hydrogen-bond donors (Lipinski definition) is 1. The Bertz CT molecular complexity index is 286. The first-order chi connectivity index (χ1) is 9.24. The molecule has 1 unspecified atom stereocenters. The Morgan fingerprint density at radius 3 is 2.53 bits per heavy atom. The van der Waals surface area contributed by atoms with E-state index in [0.29, 0.717) is 6.04 Å². The van der Waals surface area contributed by atoms with Crippen molar-refractivity contribution < 1.29 is 9.53 Å². The van der Waals surface area contributed by atoms with E-state index in [1.54, 1.807) is 0 Å². The van der Waals surface area contributed by atoms with Crippen molar-refractivity contribution in [3.63, 3.8) is 0 Å². The minimum atomic E-state index is -0.118. The molecule has 2 fully saturated rings. The van der Waals surface area contributed by atoms with Gasteiger partial charge in [-0.05, 0) is 38.6 Å². The van der Waals surface area contributed by atoms with Crippen molar-refractivity contribution in [1.82, 2.24) is 10.2 Å². The molecule has 0 heterocycles. The number of ether oxygens (including phenoxy) is 1. The van der Waals surface area contributed by atoms with Crippen LogP contribution in [0.2, 0.25) is 0 Å². The molecule has 2 aliphatic carbocycles. The van der Waals surface area contributed by atoms with Gasteiger partial charge in [0.2, 0.25) is 0 Å². The summed E-state index contributed by atoms with van der Waals surface area (Å²) in [5.74, 6) is -0.102. The van der Waals surface area contributed by atoms with Crippen LogP contribution in [-0.2, 0) is 9.53 Å². The number of hydrogen-bond acceptors (Lipinski definition) is 4. The summed E-state index contributed by atoms with van der Waals surface area (Å²) < 4.78 is 4.91. The lowest BCUT2D eigenvalue weighted by atomic mass is 10.1. The molecule has 0 aromatic carbocycles. The van der Waals surface area contributed by atoms with Gasteiger partial charge in [-0.25, -0.2) is 0 Å². The highest BCUT2D eigenvalue weighted by Gasteiger charge is 2.30. The van der Waals surface area contributed by atoms with Gasteiger partial charge in [0.25, 0.3) is 0 Å². The summed E-state index contributed by atoms with van der Waals surface area (Å²) in [6, 6.07) is 1.17. The summed E-state index contributed by atoms with van der Waals surface area (Å²) in [5, 5.41) is 3.41. The lowest BCUT2D eigenvalue weighted by Gasteiger charge is -2.29. The fourth-order valence-electron chi connectivity index (χ4n) is 3.11. The van der Waals surface area contributed by atoms with Crippen LogP contribution in [0.3, 0.4) is 0 Å². The van der Waals surface area contributed by atoms with E-state index >= 15 is 0 Å². The largest absolute Gasteiger partial charge is 0.468 e. The second kappa shape index (κ2) is 7.25. The van der Waals surface area contributed by atoms with Crippen molar-refractivity contribution in [3.8, 4) is 0 Å². The van der Waals surface area contributed by atoms with Crippen LogP contribution in [0.15, 0.2) is 0 Å². The molecule has 0 bridgehead atoms. The van der Waals surface area contributed by atoms with Crippen LogP contribution in [0.25, 0.3) is 0 Å². The van der Waals surface area contributed by atoms with E-state index in [-0.39, 0.29) is 12.0 Å². The van der Waals surface area contributed by atoms with E-state index in [0.717, 1.165) is 25.6 Å². The zero-order valence-electron chi connectivity index (χ0n) is 12.4. The van der Waals surface area contributed by atoms with Crippen LogP contribution < -0.4 is 5.32 Å². The molecule has 0 spiro atoms. The van der Waals surface area contributed by atoms with Gasteiger partial charge >= 0.3 is 5.97 Å². The van der Waals surface area contributed by atoms with Crippen molar-refractivity contribution in [2.75, 3.05) is 20.2 Å². The quantitative estimate of drug-likeness (QED) is 0.683. The van der Waals surface area contributed by atoms with Crippen LogP contribution in [0.1, 0.15) is 51.9 Å². The number of nitrogens with one attached hydrogen (secondary N) is 1. The van der Waals surface area contributed by atoms with Gasteiger partial charge in [-0.3, -0.25) is 4.79 Å². The lowest BCUT2D eigenvalue weighted by molar-refractivity contribution is -0.143. The third kappa shape index (κ3) is 4.46. The third-order valence-electron chi connectivity index (χ3n) is 4.45. The monoisotopic (exact) mass is 268 g/mol. The number of carbonyl (C=O) groups is 1. The van der Waals surface area contributed by atoms with Gasteiger partial charge in [0.15, 0.2) is 0 Å². The van der Waals surface area contributed by atoms with Gasteiger partial charge in [0, 0.05) is 18.6 Å². The molecule has 110 valence electrons. The molecule has 2 aliphatic rings. The molecule has 0 aromatic rings. The summed E-state index contributed by atoms with van der Waals surface area (Å²) in [6.07, 6.45) is 8.65. The lowest BCUT2D eigenvalue weighted by Crippen LogP contribution is -2.43. The van der Waals surface area contributed by atoms with Crippen LogP contribution in [0.4, 0.5) is 0 Å². The van der Waals surface area contributed by atoms with Crippen molar-refractivity contribution in [2.45, 2.75) is 70.0 Å². The minimum Gasteiger partial charge on any atom is -0.468 e. The van der Waals surface area contributed by atoms with Gasteiger partial charge in [0.1, 0.15) is 6.04 Å². The minimum absolute atomic E-state index is 0.102. The van der Waals surface area contributed by atoms with Crippen LogP contribution in [0.5, 0.6) is 0 Å². The predicted molar refractivity (Wildman–Crippen MR) is 76.1 cm³/mol. The molecule has 4 nitrogen and oxygen atoms in total. The van der Waals surface area contributed by atoms with E-state index < -0.39 is 0 Å². The standard InChI is InChI=1S/C15H28N2O2/c1-3-17(13-6-4-5-7-13)11-10-14(15(18)19-2)16-12-8-9-12/h12-14,16H,3-11H2,1-2H3. The average Bonchev–Trinajstić information content (AvgIpc) is 3.09. The highest BCUT2D eigenvalue weighted by molar-refractivity contribution is 5.75. The smallest absolute Gasteiger partial charge is 0.322 e. The fourth-order valence-corrected chi connectivity index (χ4v) is 3.11. The zero-order chi connectivity index (χ0) is 13.7. The van der Waals surface area contributed by atoms with Gasteiger partial charge in [-0.1, -0.05) is 19.8 Å². The molecule has 2 rings (SSSR count). The number of esters is 1. The van der Waals surface area contributed by atoms with Crippen molar-refractivity contribution >= 4 is 5.97 Å². The Kier molecular flexibility index (Phi) is 5.64. The van der Waals surface area contributed by atoms with E-state index in [4.69, 9.17) is 4.74 Å². The van der Waals surface area contributed by atoms with E-state index in [9.17, 15) is 4.79 Å². The second-order valence-electron chi connectivity index (χ2n) is 5.87. The van der Waals surface area contributed by atoms with Crippen molar-refractivity contribution in [3.05, 3.63) is 0 Å². The molecular formula is C15H28N2O2. The van der Waals surface area contributed by atoms with Gasteiger partial charge in [0.05, 0.1) is 7.11 Å². The van der Waals surface area contributed by atoms with Crippen LogP contribution in [0, 0.1) is 0 Å². The highest BCUT2D eigenvalue weighted by atomic mass is 16.5. The third-order valence-corrected chi connectivity index (χ3v) is 4.45. The summed E-state index contributed by atoms with van der Waals surface area (Å²) >= 11 is 0. The van der Waals surface area contributed by atoms with Crippen molar-refractivity contribution in [1.29, 1.82) is 0 Å². The Labute approximate surface area is 116 Å². The Morgan fingerprint density at radius 2 is 2.00 bits per heavy atom. The molecular weight excluding hydrogens is 240 g/mol. The molecule has 19 heavy (non-hydrogen) atoms. The maximum atomic E-state index is 11.8. The predicted octanol–water partition coefficient (Wildman–Crippen LogP) is 1.93. The molecule has 0 aromatic heterocycles. The maximum Gasteiger partial charge on any atom is 0.322 e. The Morgan fingerprint density at radius 1 is 1.32 bits per heavy atom. The fraction of sp³-hybridized carbons (Fsp3) is 0.933. The normalized spacial score (nSPS) is 21.8. The Hall–Kier alpha value is -0.610. The van der Waals surface area contributed by atoms with Crippen molar-refractivity contribution in [2.24, 2.45) is 0 Å². The summed E-state index contributed by atoms with van der Waals surface area (Å²) in [5.41, 5.74) is 0. The summed E-state index contributed by atoms with van der Waals surface area (Å²) in [7, 11) is 1.48. The van der Waals surface area contributed by atoms with Crippen LogP contribution in [-0.4, -0.2) is 49.2 Å². The number of nitrogens with zero attached hydrogens (tertiary/aromatic N) is 1. The van der Waals surface area contributed by atoms with E-state index in [2.05, 4.69) is 17.1 Å². The first-order valence-corrected chi connectivity index (χ1v) is 7.82. The first kappa shape index (κ1) is 14.8. The topological polar surface area (TPSA) is 41.6 Å². The van der Waals surface area contributed by atoms with Gasteiger partial charge < -0.3 is 15.0 Å². The molecule has 1 atom stereocenters. The zero-order valence-corrected chi connectivity index (χ0v) is 12.4. The SMILES string of the molecule is CCN(CCC(NC1CC1)C(=O)OC)C1CCCC1.